The van der Waals surface area contributed by atoms with Crippen molar-refractivity contribution in [3.8, 4) is 11.3 Å². The smallest absolute Gasteiger partial charge is 0.109 e. The highest BCUT2D eigenvalue weighted by molar-refractivity contribution is 5.85. The first-order chi connectivity index (χ1) is 12.7. The molecule has 0 saturated carbocycles. The van der Waals surface area contributed by atoms with E-state index in [1.807, 2.05) is 0 Å². The molecule has 2 N–H and O–H groups in total. The van der Waals surface area contributed by atoms with Gasteiger partial charge in [0.1, 0.15) is 5.82 Å². The van der Waals surface area contributed by atoms with Crippen LogP contribution in [0.4, 0.5) is 0 Å². The highest BCUT2D eigenvalue weighted by Crippen LogP contribution is 2.20. The lowest BCUT2D eigenvalue weighted by Gasteiger charge is -2.04. The number of imidazole rings is 1. The Bertz CT molecular complexity index is 619. The first kappa shape index (κ1) is 23.7. The van der Waals surface area contributed by atoms with Gasteiger partial charge in [-0.25, -0.2) is 4.98 Å². The largest absolute Gasteiger partial charge is 0.337 e. The van der Waals surface area contributed by atoms with Crippen LogP contribution in [0, 0.1) is 0 Å². The molecule has 0 aliphatic carbocycles. The van der Waals surface area contributed by atoms with E-state index in [1.165, 1.54) is 68.9 Å². The number of nitrogens with zero attached hydrogens (tertiary/aromatic N) is 2. The second kappa shape index (κ2) is 13.8. The van der Waals surface area contributed by atoms with Gasteiger partial charge in [0.15, 0.2) is 0 Å². The predicted octanol–water partition coefficient (Wildman–Crippen LogP) is 6.08. The summed E-state index contributed by atoms with van der Waals surface area (Å²) in [7, 11) is 2.07. The molecule has 0 atom stereocenters. The number of halogens is 1. The molecule has 152 valence electrons. The third kappa shape index (κ3) is 8.49. The average molecular weight is 392 g/mol. The van der Waals surface area contributed by atoms with Gasteiger partial charge in [0, 0.05) is 25.2 Å². The molecule has 0 amide bonds. The van der Waals surface area contributed by atoms with Gasteiger partial charge in [-0.2, -0.15) is 0 Å². The molecule has 0 spiro atoms. The molecule has 0 bridgehead atoms. The molecule has 0 aliphatic heterocycles. The summed E-state index contributed by atoms with van der Waals surface area (Å²) >= 11 is 0. The first-order valence-electron chi connectivity index (χ1n) is 10.6. The molecule has 1 heterocycles. The number of aromatic nitrogens is 2. The van der Waals surface area contributed by atoms with Crippen molar-refractivity contribution in [1.29, 1.82) is 0 Å². The van der Waals surface area contributed by atoms with Gasteiger partial charge >= 0.3 is 0 Å². The summed E-state index contributed by atoms with van der Waals surface area (Å²) in [6.45, 7) is 3.00. The van der Waals surface area contributed by atoms with Crippen LogP contribution in [0.2, 0.25) is 0 Å². The van der Waals surface area contributed by atoms with E-state index in [2.05, 4.69) is 49.0 Å². The quantitative estimate of drug-likeness (QED) is 0.420. The number of aryl methyl sites for hydroxylation is 3. The lowest BCUT2D eigenvalue weighted by molar-refractivity contribution is 0.575. The minimum absolute atomic E-state index is 0. The van der Waals surface area contributed by atoms with E-state index >= 15 is 0 Å². The van der Waals surface area contributed by atoms with E-state index in [0.29, 0.717) is 0 Å². The minimum atomic E-state index is 0. The number of nitrogens with two attached hydrogens (primary N) is 1. The fraction of sp³-hybridized carbons (Fsp3) is 0.609. The molecule has 0 fully saturated rings. The molecule has 2 rings (SSSR count). The molecule has 3 nitrogen and oxygen atoms in total. The van der Waals surface area contributed by atoms with Gasteiger partial charge in [0.2, 0.25) is 0 Å². The highest BCUT2D eigenvalue weighted by atomic mass is 35.5. The number of hydrogen-bond donors (Lipinski definition) is 1. The topological polar surface area (TPSA) is 43.8 Å². The maximum absolute atomic E-state index is 5.61. The average Bonchev–Trinajstić information content (AvgIpc) is 3.03. The van der Waals surface area contributed by atoms with Gasteiger partial charge in [-0.1, -0.05) is 76.1 Å². The van der Waals surface area contributed by atoms with Gasteiger partial charge in [-0.3, -0.25) is 0 Å². The van der Waals surface area contributed by atoms with Crippen LogP contribution >= 0.6 is 12.4 Å². The molecule has 0 saturated heterocycles. The molecule has 1 aromatic carbocycles. The Morgan fingerprint density at radius 2 is 1.48 bits per heavy atom. The van der Waals surface area contributed by atoms with E-state index in [1.54, 1.807) is 0 Å². The Morgan fingerprint density at radius 1 is 0.852 bits per heavy atom. The third-order valence-electron chi connectivity index (χ3n) is 5.15. The Kier molecular flexibility index (Phi) is 12.1. The Labute approximate surface area is 172 Å². The lowest BCUT2D eigenvalue weighted by Crippen LogP contribution is -2.04. The molecule has 0 aliphatic rings. The Hall–Kier alpha value is -1.32. The second-order valence-electron chi connectivity index (χ2n) is 7.47. The monoisotopic (exact) mass is 391 g/mol. The van der Waals surface area contributed by atoms with Crippen molar-refractivity contribution in [3.63, 3.8) is 0 Å². The highest BCUT2D eigenvalue weighted by Gasteiger charge is 2.07. The molecular weight excluding hydrogens is 354 g/mol. The van der Waals surface area contributed by atoms with Crippen molar-refractivity contribution in [2.24, 2.45) is 12.8 Å². The standard InChI is InChI=1S/C23H37N3.ClH/c1-3-4-5-6-7-8-9-10-12-20-14-16-21(17-15-20)22-19-26(2)23(25-22)13-11-18-24;/h14-17,19H,3-13,18,24H2,1-2H3;1H. The summed E-state index contributed by atoms with van der Waals surface area (Å²) in [5, 5.41) is 0. The fourth-order valence-corrected chi connectivity index (χ4v) is 3.44. The van der Waals surface area contributed by atoms with E-state index in [9.17, 15) is 0 Å². The van der Waals surface area contributed by atoms with Crippen molar-refractivity contribution < 1.29 is 0 Å². The van der Waals surface area contributed by atoms with Crippen molar-refractivity contribution in [1.82, 2.24) is 9.55 Å². The maximum Gasteiger partial charge on any atom is 0.109 e. The minimum Gasteiger partial charge on any atom is -0.337 e. The Morgan fingerprint density at radius 3 is 2.11 bits per heavy atom. The van der Waals surface area contributed by atoms with E-state index in [0.717, 1.165) is 30.9 Å². The van der Waals surface area contributed by atoms with Crippen LogP contribution in [-0.4, -0.2) is 16.1 Å². The van der Waals surface area contributed by atoms with E-state index in [-0.39, 0.29) is 12.4 Å². The SMILES string of the molecule is CCCCCCCCCCc1ccc(-c2cn(C)c(CCCN)n2)cc1.Cl. The first-order valence-corrected chi connectivity index (χ1v) is 10.6. The second-order valence-corrected chi connectivity index (χ2v) is 7.47. The van der Waals surface area contributed by atoms with E-state index < -0.39 is 0 Å². The van der Waals surface area contributed by atoms with Crippen molar-refractivity contribution >= 4 is 12.4 Å². The van der Waals surface area contributed by atoms with Crippen LogP contribution in [0.25, 0.3) is 11.3 Å². The summed E-state index contributed by atoms with van der Waals surface area (Å²) in [5.74, 6) is 1.12. The summed E-state index contributed by atoms with van der Waals surface area (Å²) in [4.78, 5) is 4.77. The third-order valence-corrected chi connectivity index (χ3v) is 5.15. The van der Waals surface area contributed by atoms with Gasteiger partial charge in [-0.05, 0) is 31.4 Å². The van der Waals surface area contributed by atoms with Crippen LogP contribution in [0.15, 0.2) is 30.5 Å². The maximum atomic E-state index is 5.61. The molecular formula is C23H38ClN3. The zero-order chi connectivity index (χ0) is 18.6. The van der Waals surface area contributed by atoms with Gasteiger partial charge in [-0.15, -0.1) is 12.4 Å². The molecule has 2 aromatic rings. The Balaban J connectivity index is 0.00000364. The predicted molar refractivity (Wildman–Crippen MR) is 120 cm³/mol. The van der Waals surface area contributed by atoms with Crippen molar-refractivity contribution in [2.45, 2.75) is 77.6 Å². The van der Waals surface area contributed by atoms with Crippen LogP contribution in [0.1, 0.15) is 76.1 Å². The van der Waals surface area contributed by atoms with Gasteiger partial charge in [0.25, 0.3) is 0 Å². The van der Waals surface area contributed by atoms with E-state index in [4.69, 9.17) is 10.7 Å². The zero-order valence-electron chi connectivity index (χ0n) is 17.3. The van der Waals surface area contributed by atoms with Crippen LogP contribution in [-0.2, 0) is 19.9 Å². The van der Waals surface area contributed by atoms with Crippen LogP contribution in [0.5, 0.6) is 0 Å². The lowest BCUT2D eigenvalue weighted by atomic mass is 10.0. The van der Waals surface area contributed by atoms with Crippen LogP contribution in [0.3, 0.4) is 0 Å². The summed E-state index contributed by atoms with van der Waals surface area (Å²) in [6, 6.07) is 8.97. The van der Waals surface area contributed by atoms with Gasteiger partial charge < -0.3 is 10.3 Å². The molecule has 27 heavy (non-hydrogen) atoms. The van der Waals surface area contributed by atoms with Crippen molar-refractivity contribution in [3.05, 3.63) is 41.9 Å². The summed E-state index contributed by atoms with van der Waals surface area (Å²) in [6.07, 6.45) is 16.3. The van der Waals surface area contributed by atoms with Gasteiger partial charge in [0.05, 0.1) is 5.69 Å². The normalized spacial score (nSPS) is 10.8. The summed E-state index contributed by atoms with van der Waals surface area (Å²) in [5.41, 5.74) is 9.33. The number of rotatable bonds is 13. The van der Waals surface area contributed by atoms with Crippen molar-refractivity contribution in [2.75, 3.05) is 6.54 Å². The number of hydrogen-bond acceptors (Lipinski definition) is 2. The molecule has 0 radical (unpaired) electrons. The fourth-order valence-electron chi connectivity index (χ4n) is 3.44. The number of unbranched alkanes of at least 4 members (excludes halogenated alkanes) is 7. The number of benzene rings is 1. The molecule has 1 aromatic heterocycles. The zero-order valence-corrected chi connectivity index (χ0v) is 18.1. The molecule has 4 heteroatoms. The molecule has 0 unspecified atom stereocenters. The summed E-state index contributed by atoms with van der Waals surface area (Å²) < 4.78 is 2.12. The van der Waals surface area contributed by atoms with Crippen LogP contribution < -0.4 is 5.73 Å².